The van der Waals surface area contributed by atoms with E-state index in [-0.39, 0.29) is 17.7 Å². The quantitative estimate of drug-likeness (QED) is 0.904. The Balaban J connectivity index is 2.44. The lowest BCUT2D eigenvalue weighted by atomic mass is 10.0. The maximum atomic E-state index is 6.16. The minimum Gasteiger partial charge on any atom is -0.452 e. The van der Waals surface area contributed by atoms with Crippen LogP contribution in [0.5, 0.6) is 11.5 Å². The fourth-order valence-electron chi connectivity index (χ4n) is 1.81. The van der Waals surface area contributed by atoms with Gasteiger partial charge in [0.1, 0.15) is 5.75 Å². The molecule has 0 saturated heterocycles. The predicted molar refractivity (Wildman–Crippen MR) is 81.2 cm³/mol. The summed E-state index contributed by atoms with van der Waals surface area (Å²) in [4.78, 5) is 7.76. The fraction of sp³-hybridized carbons (Fsp3) is 0.286. The van der Waals surface area contributed by atoms with Gasteiger partial charge in [-0.05, 0) is 36.1 Å². The van der Waals surface area contributed by atoms with Crippen LogP contribution < -0.4 is 16.2 Å². The highest BCUT2D eigenvalue weighted by molar-refractivity contribution is 6.31. The average Bonchev–Trinajstić information content (AvgIpc) is 2.36. The Labute approximate surface area is 122 Å². The molecule has 0 atom stereocenters. The molecule has 0 aliphatic carbocycles. The van der Waals surface area contributed by atoms with E-state index in [1.807, 2.05) is 19.1 Å². The van der Waals surface area contributed by atoms with Gasteiger partial charge in [0.05, 0.1) is 6.20 Å². The van der Waals surface area contributed by atoms with E-state index in [2.05, 4.69) is 23.8 Å². The normalized spacial score (nSPS) is 10.8. The van der Waals surface area contributed by atoms with E-state index >= 15 is 0 Å². The van der Waals surface area contributed by atoms with E-state index in [0.29, 0.717) is 16.5 Å². The molecule has 0 fully saturated rings. The number of nitrogens with zero attached hydrogens (tertiary/aromatic N) is 2. The molecule has 0 aliphatic heterocycles. The molecule has 0 radical (unpaired) electrons. The molecule has 0 unspecified atom stereocenters. The Morgan fingerprint density at radius 2 is 1.90 bits per heavy atom. The number of ether oxygens (including phenoxy) is 1. The van der Waals surface area contributed by atoms with Crippen LogP contribution >= 0.6 is 11.6 Å². The monoisotopic (exact) mass is 292 g/mol. The molecule has 1 aromatic heterocycles. The summed E-state index contributed by atoms with van der Waals surface area (Å²) >= 11 is 6.16. The summed E-state index contributed by atoms with van der Waals surface area (Å²) in [6, 6.07) is 3.79. The van der Waals surface area contributed by atoms with Crippen LogP contribution in [-0.4, -0.2) is 9.97 Å². The molecule has 1 heterocycles. The van der Waals surface area contributed by atoms with Crippen LogP contribution in [0.4, 0.5) is 11.8 Å². The first kappa shape index (κ1) is 14.4. The van der Waals surface area contributed by atoms with Gasteiger partial charge in [0.2, 0.25) is 5.95 Å². The molecule has 2 aromatic rings. The maximum absolute atomic E-state index is 6.16. The van der Waals surface area contributed by atoms with Gasteiger partial charge in [0, 0.05) is 5.02 Å². The van der Waals surface area contributed by atoms with Crippen molar-refractivity contribution in [2.75, 3.05) is 11.5 Å². The van der Waals surface area contributed by atoms with E-state index in [1.54, 1.807) is 0 Å². The number of halogens is 1. The molecule has 1 aromatic carbocycles. The Bertz CT molecular complexity index is 643. The summed E-state index contributed by atoms with van der Waals surface area (Å²) < 4.78 is 5.83. The van der Waals surface area contributed by atoms with Gasteiger partial charge < -0.3 is 16.2 Å². The second-order valence-corrected chi connectivity index (χ2v) is 5.28. The number of aromatic nitrogens is 2. The summed E-state index contributed by atoms with van der Waals surface area (Å²) in [5, 5.41) is 0.711. The number of rotatable bonds is 3. The number of hydrogen-bond donors (Lipinski definition) is 2. The predicted octanol–water partition coefficient (Wildman–Crippen LogP) is 3.52. The molecule has 106 valence electrons. The van der Waals surface area contributed by atoms with Gasteiger partial charge in [0.15, 0.2) is 11.6 Å². The minimum atomic E-state index is 0.117. The Hall–Kier alpha value is -2.01. The van der Waals surface area contributed by atoms with E-state index in [0.717, 1.165) is 11.1 Å². The van der Waals surface area contributed by atoms with E-state index in [1.165, 1.54) is 6.20 Å². The number of aryl methyl sites for hydroxylation is 1. The van der Waals surface area contributed by atoms with Crippen molar-refractivity contribution in [1.29, 1.82) is 0 Å². The lowest BCUT2D eigenvalue weighted by Gasteiger charge is -2.16. The summed E-state index contributed by atoms with van der Waals surface area (Å²) in [6.07, 6.45) is 1.46. The number of benzene rings is 1. The highest BCUT2D eigenvalue weighted by atomic mass is 35.5. The highest BCUT2D eigenvalue weighted by Crippen LogP contribution is 2.35. The van der Waals surface area contributed by atoms with E-state index in [4.69, 9.17) is 27.8 Å². The zero-order chi connectivity index (χ0) is 14.9. The molecular formula is C14H17ClN4O. The summed E-state index contributed by atoms with van der Waals surface area (Å²) in [5.74, 6) is 1.66. The minimum absolute atomic E-state index is 0.117. The molecule has 20 heavy (non-hydrogen) atoms. The number of nitrogen functional groups attached to an aromatic ring is 2. The van der Waals surface area contributed by atoms with Gasteiger partial charge in [-0.25, -0.2) is 4.98 Å². The number of anilines is 2. The third kappa shape index (κ3) is 2.93. The Morgan fingerprint density at radius 3 is 2.50 bits per heavy atom. The van der Waals surface area contributed by atoms with Gasteiger partial charge in [-0.3, -0.25) is 0 Å². The van der Waals surface area contributed by atoms with Crippen molar-refractivity contribution in [1.82, 2.24) is 9.97 Å². The first-order chi connectivity index (χ1) is 9.38. The van der Waals surface area contributed by atoms with Gasteiger partial charge in [-0.15, -0.1) is 0 Å². The average molecular weight is 293 g/mol. The van der Waals surface area contributed by atoms with Crippen molar-refractivity contribution in [2.24, 2.45) is 0 Å². The van der Waals surface area contributed by atoms with Gasteiger partial charge >= 0.3 is 0 Å². The fourth-order valence-corrected chi connectivity index (χ4v) is 1.98. The molecule has 0 aliphatic rings. The van der Waals surface area contributed by atoms with Crippen LogP contribution in [0.1, 0.15) is 30.9 Å². The van der Waals surface area contributed by atoms with Crippen LogP contribution in [-0.2, 0) is 0 Å². The SMILES string of the molecule is Cc1cc(Oc2cnc(N)nc2N)c(C(C)C)cc1Cl. The third-order valence-electron chi connectivity index (χ3n) is 2.93. The van der Waals surface area contributed by atoms with Crippen molar-refractivity contribution in [3.8, 4) is 11.5 Å². The van der Waals surface area contributed by atoms with Crippen molar-refractivity contribution in [3.05, 3.63) is 34.5 Å². The number of hydrogen-bond acceptors (Lipinski definition) is 5. The molecular weight excluding hydrogens is 276 g/mol. The second-order valence-electron chi connectivity index (χ2n) is 4.87. The maximum Gasteiger partial charge on any atom is 0.222 e. The topological polar surface area (TPSA) is 87.0 Å². The summed E-state index contributed by atoms with van der Waals surface area (Å²) in [5.41, 5.74) is 13.2. The van der Waals surface area contributed by atoms with Gasteiger partial charge in [-0.1, -0.05) is 25.4 Å². The van der Waals surface area contributed by atoms with Gasteiger partial charge in [-0.2, -0.15) is 4.98 Å². The molecule has 5 nitrogen and oxygen atoms in total. The molecule has 2 rings (SSSR count). The second kappa shape index (κ2) is 5.54. The lowest BCUT2D eigenvalue weighted by Crippen LogP contribution is -2.03. The van der Waals surface area contributed by atoms with Crippen molar-refractivity contribution >= 4 is 23.4 Å². The first-order valence-corrected chi connectivity index (χ1v) is 6.62. The summed E-state index contributed by atoms with van der Waals surface area (Å²) in [6.45, 7) is 6.05. The van der Waals surface area contributed by atoms with Crippen LogP contribution in [0.2, 0.25) is 5.02 Å². The summed E-state index contributed by atoms with van der Waals surface area (Å²) in [7, 11) is 0. The largest absolute Gasteiger partial charge is 0.452 e. The van der Waals surface area contributed by atoms with E-state index in [9.17, 15) is 0 Å². The zero-order valence-corrected chi connectivity index (χ0v) is 12.4. The molecule has 0 bridgehead atoms. The smallest absolute Gasteiger partial charge is 0.222 e. The standard InChI is InChI=1S/C14H17ClN4O/c1-7(2)9-5-10(15)8(3)4-11(9)20-12-6-18-14(17)19-13(12)16/h4-7H,1-3H3,(H4,16,17,18,19). The first-order valence-electron chi connectivity index (χ1n) is 6.24. The van der Waals surface area contributed by atoms with Crippen molar-refractivity contribution in [3.63, 3.8) is 0 Å². The zero-order valence-electron chi connectivity index (χ0n) is 11.6. The molecule has 0 saturated carbocycles. The highest BCUT2D eigenvalue weighted by Gasteiger charge is 2.14. The van der Waals surface area contributed by atoms with Crippen molar-refractivity contribution in [2.45, 2.75) is 26.7 Å². The van der Waals surface area contributed by atoms with Crippen LogP contribution in [0.25, 0.3) is 0 Å². The molecule has 0 spiro atoms. The number of nitrogens with two attached hydrogens (primary N) is 2. The molecule has 6 heteroatoms. The Morgan fingerprint density at radius 1 is 1.20 bits per heavy atom. The third-order valence-corrected chi connectivity index (χ3v) is 3.34. The van der Waals surface area contributed by atoms with Crippen molar-refractivity contribution < 1.29 is 4.74 Å². The van der Waals surface area contributed by atoms with Crippen LogP contribution in [0.15, 0.2) is 18.3 Å². The lowest BCUT2D eigenvalue weighted by molar-refractivity contribution is 0.471. The van der Waals surface area contributed by atoms with Crippen LogP contribution in [0.3, 0.4) is 0 Å². The van der Waals surface area contributed by atoms with Crippen LogP contribution in [0, 0.1) is 6.92 Å². The molecule has 0 amide bonds. The van der Waals surface area contributed by atoms with Gasteiger partial charge in [0.25, 0.3) is 0 Å². The van der Waals surface area contributed by atoms with E-state index < -0.39 is 0 Å². The Kier molecular flexibility index (Phi) is 3.99. The molecule has 4 N–H and O–H groups in total.